The van der Waals surface area contributed by atoms with Crippen LogP contribution in [0.5, 0.6) is 0 Å². The standard InChI is InChI=1S/C28H25BrN2O5/c1-3-13-36-28(35)19-8-6-18(7-9-19)16-31-24(21-5-4-12-30-15-21)23(26(33)27(31)34)25(32)20-10-11-22(29)17(2)14-20/h4-12,14-15,24,32H,3,13,16H2,1-2H3/b25-23-. The van der Waals surface area contributed by atoms with Crippen LogP contribution in [0.2, 0.25) is 0 Å². The summed E-state index contributed by atoms with van der Waals surface area (Å²) in [5.74, 6) is -2.13. The molecule has 36 heavy (non-hydrogen) atoms. The Morgan fingerprint density at radius 1 is 1.11 bits per heavy atom. The van der Waals surface area contributed by atoms with Crippen molar-refractivity contribution in [1.82, 2.24) is 9.88 Å². The van der Waals surface area contributed by atoms with E-state index in [0.717, 1.165) is 22.0 Å². The summed E-state index contributed by atoms with van der Waals surface area (Å²) < 4.78 is 6.03. The number of hydrogen-bond acceptors (Lipinski definition) is 6. The van der Waals surface area contributed by atoms with Crippen molar-refractivity contribution in [2.45, 2.75) is 32.9 Å². The quantitative estimate of drug-likeness (QED) is 0.185. The zero-order chi connectivity index (χ0) is 25.8. The van der Waals surface area contributed by atoms with Crippen LogP contribution in [0, 0.1) is 6.92 Å². The highest BCUT2D eigenvalue weighted by Gasteiger charge is 2.46. The fraction of sp³-hybridized carbons (Fsp3) is 0.214. The molecule has 184 valence electrons. The first-order valence-electron chi connectivity index (χ1n) is 11.5. The number of ketones is 1. The number of ether oxygens (including phenoxy) is 1. The highest BCUT2D eigenvalue weighted by atomic mass is 79.9. The van der Waals surface area contributed by atoms with Gasteiger partial charge in [-0.2, -0.15) is 0 Å². The van der Waals surface area contributed by atoms with Gasteiger partial charge in [0, 0.05) is 29.0 Å². The third-order valence-electron chi connectivity index (χ3n) is 5.95. The van der Waals surface area contributed by atoms with Crippen molar-refractivity contribution in [3.8, 4) is 0 Å². The van der Waals surface area contributed by atoms with Crippen LogP contribution in [0.1, 0.15) is 52.0 Å². The van der Waals surface area contributed by atoms with Crippen LogP contribution < -0.4 is 0 Å². The van der Waals surface area contributed by atoms with Crippen LogP contribution in [-0.4, -0.2) is 39.3 Å². The van der Waals surface area contributed by atoms with Gasteiger partial charge in [0.25, 0.3) is 11.7 Å². The molecule has 0 saturated carbocycles. The number of carbonyl (C=O) groups excluding carboxylic acids is 3. The molecule has 1 amide bonds. The van der Waals surface area contributed by atoms with Gasteiger partial charge in [-0.1, -0.05) is 47.1 Å². The molecule has 0 spiro atoms. The lowest BCUT2D eigenvalue weighted by Crippen LogP contribution is -2.29. The second-order valence-corrected chi connectivity index (χ2v) is 9.36. The summed E-state index contributed by atoms with van der Waals surface area (Å²) in [6, 6.07) is 14.6. The molecular formula is C28H25BrN2O5. The molecule has 0 aliphatic carbocycles. The van der Waals surface area contributed by atoms with E-state index in [1.165, 1.54) is 4.90 Å². The number of aryl methyl sites for hydroxylation is 1. The van der Waals surface area contributed by atoms with Gasteiger partial charge in [-0.3, -0.25) is 14.6 Å². The van der Waals surface area contributed by atoms with E-state index in [0.29, 0.717) is 23.3 Å². The van der Waals surface area contributed by atoms with E-state index in [1.807, 2.05) is 13.8 Å². The molecule has 1 saturated heterocycles. The molecule has 1 unspecified atom stereocenters. The summed E-state index contributed by atoms with van der Waals surface area (Å²) in [5, 5.41) is 11.2. The number of likely N-dealkylation sites (tertiary alicyclic amines) is 1. The molecule has 7 nitrogen and oxygen atoms in total. The predicted octanol–water partition coefficient (Wildman–Crippen LogP) is 5.34. The smallest absolute Gasteiger partial charge is 0.338 e. The average Bonchev–Trinajstić information content (AvgIpc) is 3.14. The summed E-state index contributed by atoms with van der Waals surface area (Å²) in [5.41, 5.74) is 3.06. The van der Waals surface area contributed by atoms with E-state index >= 15 is 0 Å². The van der Waals surface area contributed by atoms with Gasteiger partial charge in [0.1, 0.15) is 5.76 Å². The Kier molecular flexibility index (Phi) is 7.64. The number of halogens is 1. The fourth-order valence-corrected chi connectivity index (χ4v) is 4.34. The van der Waals surface area contributed by atoms with Crippen molar-refractivity contribution in [3.63, 3.8) is 0 Å². The molecule has 1 atom stereocenters. The van der Waals surface area contributed by atoms with E-state index < -0.39 is 23.7 Å². The normalized spacial score (nSPS) is 16.9. The number of aliphatic hydroxyl groups is 1. The first-order valence-corrected chi connectivity index (χ1v) is 12.3. The van der Waals surface area contributed by atoms with E-state index in [-0.39, 0.29) is 17.9 Å². The van der Waals surface area contributed by atoms with Gasteiger partial charge < -0.3 is 14.7 Å². The van der Waals surface area contributed by atoms with Crippen molar-refractivity contribution in [2.24, 2.45) is 0 Å². The molecule has 0 radical (unpaired) electrons. The minimum Gasteiger partial charge on any atom is -0.507 e. The Hall–Kier alpha value is -3.78. The van der Waals surface area contributed by atoms with Gasteiger partial charge in [-0.25, -0.2) is 4.79 Å². The predicted molar refractivity (Wildman–Crippen MR) is 138 cm³/mol. The SMILES string of the molecule is CCCOC(=O)c1ccc(CN2C(=O)C(=O)/C(=C(\O)c3ccc(Br)c(C)c3)C2c2cccnc2)cc1. The zero-order valence-electron chi connectivity index (χ0n) is 19.9. The molecule has 8 heteroatoms. The second kappa shape index (κ2) is 10.9. The van der Waals surface area contributed by atoms with E-state index in [4.69, 9.17) is 4.74 Å². The molecule has 1 aromatic heterocycles. The first-order chi connectivity index (χ1) is 17.3. The van der Waals surface area contributed by atoms with Gasteiger partial charge >= 0.3 is 5.97 Å². The Bertz CT molecular complexity index is 1340. The van der Waals surface area contributed by atoms with Gasteiger partial charge in [-0.15, -0.1) is 0 Å². The summed E-state index contributed by atoms with van der Waals surface area (Å²) in [4.78, 5) is 44.1. The van der Waals surface area contributed by atoms with E-state index in [2.05, 4.69) is 20.9 Å². The highest BCUT2D eigenvalue weighted by molar-refractivity contribution is 9.10. The lowest BCUT2D eigenvalue weighted by Gasteiger charge is -2.25. The van der Waals surface area contributed by atoms with Gasteiger partial charge in [0.15, 0.2) is 0 Å². The number of pyridine rings is 1. The number of Topliss-reactive ketones (excluding diaryl/α,β-unsaturated/α-hetero) is 1. The maximum absolute atomic E-state index is 13.2. The number of aromatic nitrogens is 1. The number of nitrogens with zero attached hydrogens (tertiary/aromatic N) is 2. The number of carbonyl (C=O) groups is 3. The molecule has 1 aliphatic heterocycles. The summed E-state index contributed by atoms with van der Waals surface area (Å²) in [7, 11) is 0. The number of benzene rings is 2. The Morgan fingerprint density at radius 2 is 1.83 bits per heavy atom. The van der Waals surface area contributed by atoms with Gasteiger partial charge in [0.05, 0.1) is 23.8 Å². The Balaban J connectivity index is 1.72. The van der Waals surface area contributed by atoms with Crippen LogP contribution in [-0.2, 0) is 20.9 Å². The number of amides is 1. The summed E-state index contributed by atoms with van der Waals surface area (Å²) in [6.45, 7) is 4.24. The number of hydrogen-bond donors (Lipinski definition) is 1. The number of aliphatic hydroxyl groups excluding tert-OH is 1. The van der Waals surface area contributed by atoms with Crippen LogP contribution in [0.25, 0.3) is 5.76 Å². The van der Waals surface area contributed by atoms with Crippen molar-refractivity contribution in [2.75, 3.05) is 6.61 Å². The van der Waals surface area contributed by atoms with E-state index in [1.54, 1.807) is 67.0 Å². The zero-order valence-corrected chi connectivity index (χ0v) is 21.5. The molecule has 4 rings (SSSR count). The van der Waals surface area contributed by atoms with Crippen molar-refractivity contribution < 1.29 is 24.2 Å². The van der Waals surface area contributed by atoms with Crippen molar-refractivity contribution in [1.29, 1.82) is 0 Å². The third-order valence-corrected chi connectivity index (χ3v) is 6.84. The van der Waals surface area contributed by atoms with Crippen LogP contribution in [0.4, 0.5) is 0 Å². The average molecular weight is 549 g/mol. The third kappa shape index (κ3) is 5.09. The van der Waals surface area contributed by atoms with Crippen LogP contribution >= 0.6 is 15.9 Å². The molecule has 2 heterocycles. The highest BCUT2D eigenvalue weighted by Crippen LogP contribution is 2.40. The molecule has 1 aliphatic rings. The fourth-order valence-electron chi connectivity index (χ4n) is 4.10. The number of rotatable bonds is 7. The van der Waals surface area contributed by atoms with Crippen molar-refractivity contribution >= 4 is 39.3 Å². The maximum Gasteiger partial charge on any atom is 0.338 e. The molecular weight excluding hydrogens is 524 g/mol. The number of esters is 1. The topological polar surface area (TPSA) is 96.8 Å². The molecule has 3 aromatic rings. The molecule has 0 bridgehead atoms. The molecule has 2 aromatic carbocycles. The van der Waals surface area contributed by atoms with Crippen LogP contribution in [0.15, 0.2) is 77.0 Å². The molecule has 1 fully saturated rings. The molecule has 1 N–H and O–H groups in total. The Morgan fingerprint density at radius 3 is 2.47 bits per heavy atom. The summed E-state index contributed by atoms with van der Waals surface area (Å²) >= 11 is 3.44. The van der Waals surface area contributed by atoms with Gasteiger partial charge in [0.2, 0.25) is 0 Å². The van der Waals surface area contributed by atoms with E-state index in [9.17, 15) is 19.5 Å². The monoisotopic (exact) mass is 548 g/mol. The maximum atomic E-state index is 13.2. The minimum atomic E-state index is -0.822. The van der Waals surface area contributed by atoms with Crippen LogP contribution in [0.3, 0.4) is 0 Å². The summed E-state index contributed by atoms with van der Waals surface area (Å²) in [6.07, 6.45) is 3.91. The van der Waals surface area contributed by atoms with Gasteiger partial charge in [-0.05, 0) is 60.4 Å². The lowest BCUT2D eigenvalue weighted by atomic mass is 9.95. The minimum absolute atomic E-state index is 0.00878. The largest absolute Gasteiger partial charge is 0.507 e. The first kappa shape index (κ1) is 25.3. The lowest BCUT2D eigenvalue weighted by molar-refractivity contribution is -0.140. The Labute approximate surface area is 217 Å². The second-order valence-electron chi connectivity index (χ2n) is 8.51. The van der Waals surface area contributed by atoms with Crippen molar-refractivity contribution in [3.05, 3.63) is 105 Å².